The van der Waals surface area contributed by atoms with Crippen molar-refractivity contribution in [1.82, 2.24) is 0 Å². The average molecular weight is 355 g/mol. The molecule has 4 aromatic carbocycles. The standard InChI is InChI=1S/C22H13NO2S/c24-23(25)19-11-9-14-5-1-2-6-16(14)22(19)15-10-12-21-18(13-15)17-7-3-4-8-20(17)26-21/h1-13H. The molecule has 0 saturated carbocycles. The van der Waals surface area contributed by atoms with E-state index >= 15 is 0 Å². The number of benzene rings is 4. The maximum atomic E-state index is 11.7. The molecule has 1 heterocycles. The van der Waals surface area contributed by atoms with Crippen LogP contribution in [0, 0.1) is 10.1 Å². The third kappa shape index (κ3) is 2.20. The third-order valence-electron chi connectivity index (χ3n) is 4.77. The fourth-order valence-corrected chi connectivity index (χ4v) is 4.68. The van der Waals surface area contributed by atoms with Gasteiger partial charge in [0, 0.05) is 26.2 Å². The first-order valence-electron chi connectivity index (χ1n) is 8.30. The van der Waals surface area contributed by atoms with E-state index in [-0.39, 0.29) is 10.6 Å². The summed E-state index contributed by atoms with van der Waals surface area (Å²) in [4.78, 5) is 11.4. The summed E-state index contributed by atoms with van der Waals surface area (Å²) in [5.41, 5.74) is 1.71. The van der Waals surface area contributed by atoms with Crippen molar-refractivity contribution in [3.05, 3.63) is 89.0 Å². The van der Waals surface area contributed by atoms with Crippen LogP contribution in [-0.2, 0) is 0 Å². The molecule has 4 heteroatoms. The molecule has 124 valence electrons. The molecule has 0 amide bonds. The molecular weight excluding hydrogens is 342 g/mol. The predicted molar refractivity (Wildman–Crippen MR) is 109 cm³/mol. The Hall–Kier alpha value is -3.24. The maximum absolute atomic E-state index is 11.7. The smallest absolute Gasteiger partial charge is 0.258 e. The number of hydrogen-bond donors (Lipinski definition) is 0. The molecular formula is C22H13NO2S. The molecule has 0 aliphatic carbocycles. The molecule has 3 nitrogen and oxygen atoms in total. The number of hydrogen-bond acceptors (Lipinski definition) is 3. The third-order valence-corrected chi connectivity index (χ3v) is 5.92. The average Bonchev–Trinajstić information content (AvgIpc) is 3.05. The van der Waals surface area contributed by atoms with Gasteiger partial charge in [0.2, 0.25) is 0 Å². The van der Waals surface area contributed by atoms with E-state index in [1.165, 1.54) is 14.8 Å². The van der Waals surface area contributed by atoms with Crippen LogP contribution in [0.2, 0.25) is 0 Å². The molecule has 26 heavy (non-hydrogen) atoms. The molecule has 0 bridgehead atoms. The fraction of sp³-hybridized carbons (Fsp3) is 0. The lowest BCUT2D eigenvalue weighted by atomic mass is 9.95. The molecule has 0 atom stereocenters. The van der Waals surface area contributed by atoms with E-state index in [0.29, 0.717) is 5.56 Å². The summed E-state index contributed by atoms with van der Waals surface area (Å²) >= 11 is 1.75. The zero-order chi connectivity index (χ0) is 17.7. The highest BCUT2D eigenvalue weighted by molar-refractivity contribution is 7.25. The van der Waals surface area contributed by atoms with Crippen molar-refractivity contribution in [2.75, 3.05) is 0 Å². The second kappa shape index (κ2) is 5.64. The summed E-state index contributed by atoms with van der Waals surface area (Å²) in [5.74, 6) is 0. The lowest BCUT2D eigenvalue weighted by Gasteiger charge is -2.08. The minimum Gasteiger partial charge on any atom is -0.258 e. The summed E-state index contributed by atoms with van der Waals surface area (Å²) in [6.45, 7) is 0. The second-order valence-corrected chi connectivity index (χ2v) is 7.33. The Morgan fingerprint density at radius 1 is 0.731 bits per heavy atom. The number of thiophene rings is 1. The normalized spacial score (nSPS) is 11.4. The molecule has 0 aliphatic heterocycles. The molecule has 1 aromatic heterocycles. The van der Waals surface area contributed by atoms with Crippen LogP contribution in [0.5, 0.6) is 0 Å². The van der Waals surface area contributed by atoms with Gasteiger partial charge in [-0.3, -0.25) is 10.1 Å². The molecule has 5 rings (SSSR count). The van der Waals surface area contributed by atoms with Crippen molar-refractivity contribution in [3.8, 4) is 11.1 Å². The second-order valence-electron chi connectivity index (χ2n) is 6.25. The molecule has 0 aliphatic rings. The Bertz CT molecular complexity index is 1320. The van der Waals surface area contributed by atoms with Crippen LogP contribution in [0.4, 0.5) is 5.69 Å². The van der Waals surface area contributed by atoms with Gasteiger partial charge in [0.15, 0.2) is 0 Å². The molecule has 0 unspecified atom stereocenters. The van der Waals surface area contributed by atoms with Gasteiger partial charge in [-0.1, -0.05) is 48.5 Å². The summed E-state index contributed by atoms with van der Waals surface area (Å²) < 4.78 is 2.42. The highest BCUT2D eigenvalue weighted by Crippen LogP contribution is 2.41. The maximum Gasteiger partial charge on any atom is 0.277 e. The minimum atomic E-state index is -0.294. The van der Waals surface area contributed by atoms with Crippen LogP contribution < -0.4 is 0 Å². The molecule has 0 saturated heterocycles. The van der Waals surface area contributed by atoms with E-state index in [0.717, 1.165) is 21.7 Å². The molecule has 0 radical (unpaired) electrons. The van der Waals surface area contributed by atoms with E-state index in [2.05, 4.69) is 24.3 Å². The largest absolute Gasteiger partial charge is 0.277 e. The summed E-state index contributed by atoms with van der Waals surface area (Å²) in [6.07, 6.45) is 0. The van der Waals surface area contributed by atoms with Gasteiger partial charge in [0.1, 0.15) is 0 Å². The van der Waals surface area contributed by atoms with Gasteiger partial charge in [-0.2, -0.15) is 0 Å². The van der Waals surface area contributed by atoms with Gasteiger partial charge in [-0.15, -0.1) is 11.3 Å². The monoisotopic (exact) mass is 355 g/mol. The van der Waals surface area contributed by atoms with Gasteiger partial charge in [0.25, 0.3) is 5.69 Å². The number of nitro benzene ring substituents is 1. The van der Waals surface area contributed by atoms with Crippen LogP contribution in [-0.4, -0.2) is 4.92 Å². The van der Waals surface area contributed by atoms with Crippen molar-refractivity contribution in [1.29, 1.82) is 0 Å². The molecule has 0 N–H and O–H groups in total. The number of fused-ring (bicyclic) bond motifs is 4. The van der Waals surface area contributed by atoms with E-state index in [1.54, 1.807) is 17.4 Å². The quantitative estimate of drug-likeness (QED) is 0.259. The SMILES string of the molecule is O=[N+]([O-])c1ccc2ccccc2c1-c1ccc2sc3ccccc3c2c1. The zero-order valence-corrected chi connectivity index (χ0v) is 14.5. The highest BCUT2D eigenvalue weighted by atomic mass is 32.1. The summed E-state index contributed by atoms with van der Waals surface area (Å²) in [5, 5.41) is 15.9. The van der Waals surface area contributed by atoms with Crippen LogP contribution in [0.3, 0.4) is 0 Å². The summed E-state index contributed by atoms with van der Waals surface area (Å²) in [6, 6.07) is 25.7. The Morgan fingerprint density at radius 2 is 1.46 bits per heavy atom. The minimum absolute atomic E-state index is 0.141. The van der Waals surface area contributed by atoms with Crippen LogP contribution in [0.15, 0.2) is 78.9 Å². The van der Waals surface area contributed by atoms with Crippen molar-refractivity contribution < 1.29 is 4.92 Å². The van der Waals surface area contributed by atoms with Gasteiger partial charge >= 0.3 is 0 Å². The number of nitrogens with zero attached hydrogens (tertiary/aromatic N) is 1. The molecule has 0 fully saturated rings. The number of nitro groups is 1. The van der Waals surface area contributed by atoms with Gasteiger partial charge in [0.05, 0.1) is 10.5 Å². The molecule has 5 aromatic rings. The summed E-state index contributed by atoms with van der Waals surface area (Å²) in [7, 11) is 0. The Kier molecular flexibility index (Phi) is 3.27. The van der Waals surface area contributed by atoms with Crippen molar-refractivity contribution in [2.24, 2.45) is 0 Å². The van der Waals surface area contributed by atoms with Gasteiger partial charge in [-0.25, -0.2) is 0 Å². The van der Waals surface area contributed by atoms with E-state index < -0.39 is 0 Å². The topological polar surface area (TPSA) is 43.1 Å². The van der Waals surface area contributed by atoms with Gasteiger partial charge < -0.3 is 0 Å². The first-order valence-corrected chi connectivity index (χ1v) is 9.12. The van der Waals surface area contributed by atoms with Crippen LogP contribution in [0.1, 0.15) is 0 Å². The van der Waals surface area contributed by atoms with Gasteiger partial charge in [-0.05, 0) is 40.6 Å². The lowest BCUT2D eigenvalue weighted by molar-refractivity contribution is -0.384. The van der Waals surface area contributed by atoms with Crippen molar-refractivity contribution in [2.45, 2.75) is 0 Å². The lowest BCUT2D eigenvalue weighted by Crippen LogP contribution is -1.93. The number of rotatable bonds is 2. The first kappa shape index (κ1) is 15.0. The van der Waals surface area contributed by atoms with E-state index in [4.69, 9.17) is 0 Å². The Morgan fingerprint density at radius 3 is 2.31 bits per heavy atom. The fourth-order valence-electron chi connectivity index (χ4n) is 3.60. The van der Waals surface area contributed by atoms with Crippen molar-refractivity contribution >= 4 is 48.0 Å². The Labute approximate surface area is 153 Å². The van der Waals surface area contributed by atoms with E-state index in [1.807, 2.05) is 48.5 Å². The van der Waals surface area contributed by atoms with Crippen LogP contribution >= 0.6 is 11.3 Å². The zero-order valence-electron chi connectivity index (χ0n) is 13.7. The Balaban J connectivity index is 1.88. The highest BCUT2D eigenvalue weighted by Gasteiger charge is 2.19. The molecule has 0 spiro atoms. The van der Waals surface area contributed by atoms with Crippen LogP contribution in [0.25, 0.3) is 42.1 Å². The first-order chi connectivity index (χ1) is 12.7. The van der Waals surface area contributed by atoms with E-state index in [9.17, 15) is 10.1 Å². The predicted octanol–water partition coefficient (Wildman–Crippen LogP) is 6.78. The van der Waals surface area contributed by atoms with Crippen molar-refractivity contribution in [3.63, 3.8) is 0 Å².